The molecule has 0 aliphatic carbocycles. The van der Waals surface area contributed by atoms with Gasteiger partial charge in [0.05, 0.1) is 0 Å². The molecule has 0 amide bonds. The monoisotopic (exact) mass is 262 g/mol. The van der Waals surface area contributed by atoms with Gasteiger partial charge in [-0.25, -0.2) is 0 Å². The highest BCUT2D eigenvalue weighted by Gasteiger charge is 2.18. The van der Waals surface area contributed by atoms with Crippen LogP contribution in [0.1, 0.15) is 16.5 Å². The highest BCUT2D eigenvalue weighted by Crippen LogP contribution is 2.24. The Kier molecular flexibility index (Phi) is 3.94. The third-order valence-corrected chi connectivity index (χ3v) is 3.56. The molecule has 1 unspecified atom stereocenters. The van der Waals surface area contributed by atoms with E-state index in [1.807, 2.05) is 48.7 Å². The summed E-state index contributed by atoms with van der Waals surface area (Å²) in [7, 11) is 0. The molecule has 18 heavy (non-hydrogen) atoms. The maximum absolute atomic E-state index is 10.7. The lowest BCUT2D eigenvalue weighted by molar-refractivity contribution is -0.482. The van der Waals surface area contributed by atoms with E-state index in [9.17, 15) is 10.1 Å². The third kappa shape index (κ3) is 3.30. The van der Waals surface area contributed by atoms with Gasteiger partial charge in [-0.05, 0) is 36.1 Å². The maximum atomic E-state index is 10.7. The van der Waals surface area contributed by atoms with Crippen molar-refractivity contribution in [2.45, 2.75) is 13.0 Å². The van der Waals surface area contributed by atoms with E-state index in [-0.39, 0.29) is 17.5 Å². The SMILES string of the molecule is Cc1cccc(NC(C[N+](=O)[O-])c2cccs2)c1. The van der Waals surface area contributed by atoms with E-state index in [2.05, 4.69) is 5.32 Å². The van der Waals surface area contributed by atoms with Gasteiger partial charge in [-0.2, -0.15) is 0 Å². The number of hydrogen-bond donors (Lipinski definition) is 1. The van der Waals surface area contributed by atoms with Crippen molar-refractivity contribution in [2.75, 3.05) is 11.9 Å². The average Bonchev–Trinajstić information content (AvgIpc) is 2.80. The molecule has 1 N–H and O–H groups in total. The molecule has 2 aromatic rings. The van der Waals surface area contributed by atoms with E-state index in [4.69, 9.17) is 0 Å². The first kappa shape index (κ1) is 12.6. The largest absolute Gasteiger partial charge is 0.372 e. The van der Waals surface area contributed by atoms with Crippen molar-refractivity contribution >= 4 is 17.0 Å². The molecule has 4 nitrogen and oxygen atoms in total. The highest BCUT2D eigenvalue weighted by atomic mass is 32.1. The molecule has 0 radical (unpaired) electrons. The maximum Gasteiger partial charge on any atom is 0.228 e. The van der Waals surface area contributed by atoms with Crippen molar-refractivity contribution in [3.8, 4) is 0 Å². The van der Waals surface area contributed by atoms with Gasteiger partial charge < -0.3 is 5.32 Å². The van der Waals surface area contributed by atoms with Crippen LogP contribution in [-0.2, 0) is 0 Å². The molecule has 1 heterocycles. The minimum atomic E-state index is -0.285. The fourth-order valence-corrected chi connectivity index (χ4v) is 2.55. The summed E-state index contributed by atoms with van der Waals surface area (Å²) in [5.41, 5.74) is 2.04. The van der Waals surface area contributed by atoms with Gasteiger partial charge in [-0.15, -0.1) is 11.3 Å². The van der Waals surface area contributed by atoms with E-state index in [0.29, 0.717) is 0 Å². The molecule has 0 saturated heterocycles. The Hall–Kier alpha value is -1.88. The van der Waals surface area contributed by atoms with Crippen LogP contribution < -0.4 is 5.32 Å². The average molecular weight is 262 g/mol. The van der Waals surface area contributed by atoms with Crippen LogP contribution in [0.5, 0.6) is 0 Å². The number of anilines is 1. The molecular formula is C13H14N2O2S. The highest BCUT2D eigenvalue weighted by molar-refractivity contribution is 7.10. The summed E-state index contributed by atoms with van der Waals surface area (Å²) in [5.74, 6) is 0. The number of aryl methyl sites for hydroxylation is 1. The van der Waals surface area contributed by atoms with Gasteiger partial charge in [0.1, 0.15) is 6.04 Å². The lowest BCUT2D eigenvalue weighted by Crippen LogP contribution is -2.19. The number of nitro groups is 1. The van der Waals surface area contributed by atoms with Crippen LogP contribution in [0.15, 0.2) is 41.8 Å². The molecule has 2 rings (SSSR count). The molecule has 0 bridgehead atoms. The minimum absolute atomic E-state index is 0.117. The molecule has 5 heteroatoms. The fraction of sp³-hybridized carbons (Fsp3) is 0.231. The van der Waals surface area contributed by atoms with Gasteiger partial charge in [0.25, 0.3) is 0 Å². The van der Waals surface area contributed by atoms with E-state index in [0.717, 1.165) is 16.1 Å². The lowest BCUT2D eigenvalue weighted by atomic mass is 10.2. The Morgan fingerprint density at radius 3 is 2.83 bits per heavy atom. The molecule has 0 saturated carbocycles. The Bertz CT molecular complexity index is 526. The zero-order valence-corrected chi connectivity index (χ0v) is 10.8. The topological polar surface area (TPSA) is 55.2 Å². The normalized spacial score (nSPS) is 12.1. The second-order valence-electron chi connectivity index (χ2n) is 4.10. The van der Waals surface area contributed by atoms with Crippen LogP contribution >= 0.6 is 11.3 Å². The standard InChI is InChI=1S/C13H14N2O2S/c1-10-4-2-5-11(8-10)14-12(9-15(16)17)13-6-3-7-18-13/h2-8,12,14H,9H2,1H3. The Balaban J connectivity index is 2.17. The van der Waals surface area contributed by atoms with Crippen molar-refractivity contribution in [3.63, 3.8) is 0 Å². The summed E-state index contributed by atoms with van der Waals surface area (Å²) in [6.45, 7) is 1.88. The first-order valence-electron chi connectivity index (χ1n) is 5.63. The molecule has 1 aromatic carbocycles. The van der Waals surface area contributed by atoms with Gasteiger partial charge >= 0.3 is 0 Å². The van der Waals surface area contributed by atoms with Crippen LogP contribution in [0.2, 0.25) is 0 Å². The first-order valence-corrected chi connectivity index (χ1v) is 6.51. The van der Waals surface area contributed by atoms with E-state index < -0.39 is 0 Å². The predicted molar refractivity (Wildman–Crippen MR) is 73.7 cm³/mol. The van der Waals surface area contributed by atoms with E-state index in [1.165, 1.54) is 11.3 Å². The summed E-state index contributed by atoms with van der Waals surface area (Å²) in [5, 5.41) is 15.9. The van der Waals surface area contributed by atoms with E-state index >= 15 is 0 Å². The summed E-state index contributed by atoms with van der Waals surface area (Å²) in [4.78, 5) is 11.4. The molecule has 94 valence electrons. The van der Waals surface area contributed by atoms with Crippen LogP contribution in [0.3, 0.4) is 0 Å². The summed E-state index contributed by atoms with van der Waals surface area (Å²) in [6, 6.07) is 11.4. The lowest BCUT2D eigenvalue weighted by Gasteiger charge is -2.15. The second-order valence-corrected chi connectivity index (χ2v) is 5.08. The van der Waals surface area contributed by atoms with Crippen molar-refractivity contribution < 1.29 is 4.92 Å². The number of rotatable bonds is 5. The molecule has 1 atom stereocenters. The molecule has 0 fully saturated rings. The van der Waals surface area contributed by atoms with Gasteiger partial charge in [0.2, 0.25) is 6.54 Å². The van der Waals surface area contributed by atoms with Crippen molar-refractivity contribution in [2.24, 2.45) is 0 Å². The fourth-order valence-electron chi connectivity index (χ4n) is 1.78. The molecule has 0 aliphatic heterocycles. The molecule has 0 aliphatic rings. The van der Waals surface area contributed by atoms with Gasteiger partial charge in [0, 0.05) is 15.5 Å². The van der Waals surface area contributed by atoms with E-state index in [1.54, 1.807) is 0 Å². The Morgan fingerprint density at radius 1 is 1.39 bits per heavy atom. The van der Waals surface area contributed by atoms with Gasteiger partial charge in [0.15, 0.2) is 0 Å². The van der Waals surface area contributed by atoms with Crippen LogP contribution in [-0.4, -0.2) is 11.5 Å². The van der Waals surface area contributed by atoms with Crippen molar-refractivity contribution in [1.29, 1.82) is 0 Å². The number of hydrogen-bond acceptors (Lipinski definition) is 4. The third-order valence-electron chi connectivity index (χ3n) is 2.58. The summed E-state index contributed by atoms with van der Waals surface area (Å²) < 4.78 is 0. The predicted octanol–water partition coefficient (Wildman–Crippen LogP) is 3.49. The Labute approximate surface area is 109 Å². The molecule has 1 aromatic heterocycles. The summed E-state index contributed by atoms with van der Waals surface area (Å²) in [6.07, 6.45) is 0. The number of benzene rings is 1. The number of nitrogens with zero attached hydrogens (tertiary/aromatic N) is 1. The zero-order valence-electron chi connectivity index (χ0n) is 10.00. The quantitative estimate of drug-likeness (QED) is 0.663. The van der Waals surface area contributed by atoms with Crippen LogP contribution in [0.4, 0.5) is 5.69 Å². The number of thiophene rings is 1. The molecule has 0 spiro atoms. The molecular weight excluding hydrogens is 248 g/mol. The Morgan fingerprint density at radius 2 is 2.22 bits per heavy atom. The summed E-state index contributed by atoms with van der Waals surface area (Å²) >= 11 is 1.53. The second kappa shape index (κ2) is 5.64. The van der Waals surface area contributed by atoms with Gasteiger partial charge in [-0.1, -0.05) is 18.2 Å². The van der Waals surface area contributed by atoms with Crippen molar-refractivity contribution in [1.82, 2.24) is 0 Å². The van der Waals surface area contributed by atoms with Gasteiger partial charge in [-0.3, -0.25) is 10.1 Å². The van der Waals surface area contributed by atoms with Crippen molar-refractivity contribution in [3.05, 3.63) is 62.3 Å². The van der Waals surface area contributed by atoms with Crippen LogP contribution in [0.25, 0.3) is 0 Å². The zero-order chi connectivity index (χ0) is 13.0. The first-order chi connectivity index (χ1) is 8.65. The minimum Gasteiger partial charge on any atom is -0.372 e. The van der Waals surface area contributed by atoms with Crippen LogP contribution in [0, 0.1) is 17.0 Å². The smallest absolute Gasteiger partial charge is 0.228 e. The number of nitrogens with one attached hydrogen (secondary N) is 1.